The van der Waals surface area contributed by atoms with Crippen LogP contribution >= 0.6 is 9.24 Å². The topological polar surface area (TPSA) is 12.9 Å². The molecule has 1 atom stereocenters. The van der Waals surface area contributed by atoms with E-state index in [9.17, 15) is 0 Å². The minimum Gasteiger partial charge on any atom is -0.265 e. The molecule has 0 fully saturated rings. The van der Waals surface area contributed by atoms with E-state index in [1.165, 1.54) is 0 Å². The van der Waals surface area contributed by atoms with Crippen LogP contribution in [0.5, 0.6) is 0 Å². The van der Waals surface area contributed by atoms with Gasteiger partial charge >= 0.3 is 0 Å². The SMILES string of the molecule is CP.c1ccncc1. The molecule has 0 radical (unpaired) electrons. The second kappa shape index (κ2) is 6.58. The fraction of sp³-hybridized carbons (Fsp3) is 0.167. The molecule has 1 aromatic rings. The molecule has 0 aliphatic rings. The van der Waals surface area contributed by atoms with Crippen LogP contribution in [0.25, 0.3) is 0 Å². The van der Waals surface area contributed by atoms with Gasteiger partial charge < -0.3 is 0 Å². The highest BCUT2D eigenvalue weighted by atomic mass is 31.0. The summed E-state index contributed by atoms with van der Waals surface area (Å²) in [5.74, 6) is 0. The quantitative estimate of drug-likeness (QED) is 0.482. The molecule has 8 heavy (non-hydrogen) atoms. The Hall–Kier alpha value is -0.420. The molecule has 1 rings (SSSR count). The Kier molecular flexibility index (Phi) is 6.23. The van der Waals surface area contributed by atoms with E-state index in [0.717, 1.165) is 0 Å². The molecule has 0 aromatic carbocycles. The van der Waals surface area contributed by atoms with E-state index in [4.69, 9.17) is 0 Å². The lowest BCUT2D eigenvalue weighted by molar-refractivity contribution is 1.33. The van der Waals surface area contributed by atoms with Gasteiger partial charge in [-0.3, -0.25) is 4.98 Å². The monoisotopic (exact) mass is 127 g/mol. The van der Waals surface area contributed by atoms with E-state index in [2.05, 4.69) is 14.2 Å². The summed E-state index contributed by atoms with van der Waals surface area (Å²) in [6.45, 7) is 1.92. The predicted molar refractivity (Wildman–Crippen MR) is 39.9 cm³/mol. The second-order valence-corrected chi connectivity index (χ2v) is 1.02. The molecule has 1 heterocycles. The van der Waals surface area contributed by atoms with Gasteiger partial charge in [0, 0.05) is 12.4 Å². The van der Waals surface area contributed by atoms with E-state index in [1.54, 1.807) is 12.4 Å². The zero-order chi connectivity index (χ0) is 6.24. The Bertz CT molecular complexity index is 80.5. The largest absolute Gasteiger partial charge is 0.265 e. The Labute approximate surface area is 52.4 Å². The van der Waals surface area contributed by atoms with Crippen LogP contribution in [0.1, 0.15) is 0 Å². The molecular formula is C6H10NP. The Morgan fingerprint density at radius 1 is 1.00 bits per heavy atom. The van der Waals surface area contributed by atoms with Crippen molar-refractivity contribution in [2.75, 3.05) is 6.66 Å². The van der Waals surface area contributed by atoms with Gasteiger partial charge in [0.05, 0.1) is 0 Å². The van der Waals surface area contributed by atoms with Crippen molar-refractivity contribution in [3.05, 3.63) is 30.6 Å². The molecule has 0 aliphatic carbocycles. The summed E-state index contributed by atoms with van der Waals surface area (Å²) in [7, 11) is 2.42. The van der Waals surface area contributed by atoms with Crippen molar-refractivity contribution in [1.29, 1.82) is 0 Å². The average Bonchev–Trinajstić information content (AvgIpc) is 1.96. The van der Waals surface area contributed by atoms with Crippen LogP contribution in [-0.4, -0.2) is 11.6 Å². The van der Waals surface area contributed by atoms with Crippen molar-refractivity contribution < 1.29 is 0 Å². The maximum absolute atomic E-state index is 3.78. The molecule has 0 amide bonds. The summed E-state index contributed by atoms with van der Waals surface area (Å²) in [6.07, 6.45) is 3.50. The maximum Gasteiger partial charge on any atom is 0.0267 e. The summed E-state index contributed by atoms with van der Waals surface area (Å²) in [5.41, 5.74) is 0. The third kappa shape index (κ3) is 3.76. The summed E-state index contributed by atoms with van der Waals surface area (Å²) in [6, 6.07) is 5.72. The number of hydrogen-bond donors (Lipinski definition) is 0. The first-order valence-electron chi connectivity index (χ1n) is 2.43. The van der Waals surface area contributed by atoms with Gasteiger partial charge in [0.1, 0.15) is 0 Å². The van der Waals surface area contributed by atoms with Crippen molar-refractivity contribution in [2.45, 2.75) is 0 Å². The Morgan fingerprint density at radius 2 is 1.50 bits per heavy atom. The van der Waals surface area contributed by atoms with E-state index >= 15 is 0 Å². The summed E-state index contributed by atoms with van der Waals surface area (Å²) >= 11 is 0. The van der Waals surface area contributed by atoms with Crippen LogP contribution in [0, 0.1) is 0 Å². The molecule has 1 aromatic heterocycles. The van der Waals surface area contributed by atoms with Crippen LogP contribution in [-0.2, 0) is 0 Å². The molecule has 0 bridgehead atoms. The molecule has 44 valence electrons. The van der Waals surface area contributed by atoms with Gasteiger partial charge in [-0.15, -0.1) is 9.24 Å². The summed E-state index contributed by atoms with van der Waals surface area (Å²) < 4.78 is 0. The maximum atomic E-state index is 3.78. The fourth-order valence-corrected chi connectivity index (χ4v) is 0.313. The van der Waals surface area contributed by atoms with Crippen LogP contribution < -0.4 is 0 Å². The van der Waals surface area contributed by atoms with E-state index in [1.807, 2.05) is 24.9 Å². The average molecular weight is 127 g/mol. The van der Waals surface area contributed by atoms with Gasteiger partial charge in [-0.25, -0.2) is 0 Å². The van der Waals surface area contributed by atoms with Gasteiger partial charge in [0.15, 0.2) is 0 Å². The fourth-order valence-electron chi connectivity index (χ4n) is 0.313. The van der Waals surface area contributed by atoms with Crippen LogP contribution in [0.4, 0.5) is 0 Å². The van der Waals surface area contributed by atoms with E-state index in [-0.39, 0.29) is 0 Å². The Morgan fingerprint density at radius 3 is 1.62 bits per heavy atom. The smallest absolute Gasteiger partial charge is 0.0267 e. The minimum absolute atomic E-state index is 1.75. The lowest BCUT2D eigenvalue weighted by Crippen LogP contribution is -1.58. The third-order valence-corrected chi connectivity index (χ3v) is 0.566. The second-order valence-electron chi connectivity index (χ2n) is 1.02. The minimum atomic E-state index is 1.75. The lowest BCUT2D eigenvalue weighted by atomic mass is 10.5. The number of hydrogen-bond acceptors (Lipinski definition) is 1. The van der Waals surface area contributed by atoms with Crippen molar-refractivity contribution >= 4 is 9.24 Å². The zero-order valence-electron chi connectivity index (χ0n) is 4.91. The first-order valence-corrected chi connectivity index (χ1v) is 3.58. The number of nitrogens with zero attached hydrogens (tertiary/aromatic N) is 1. The van der Waals surface area contributed by atoms with Gasteiger partial charge in [-0.05, 0) is 12.1 Å². The number of aromatic nitrogens is 1. The van der Waals surface area contributed by atoms with Crippen LogP contribution in [0.3, 0.4) is 0 Å². The van der Waals surface area contributed by atoms with Gasteiger partial charge in [0.25, 0.3) is 0 Å². The molecular weight excluding hydrogens is 117 g/mol. The standard InChI is InChI=1S/C5H5N.CH5P/c1-2-4-6-5-3-1;1-2/h1-5H;2H2,1H3. The van der Waals surface area contributed by atoms with Crippen molar-refractivity contribution in [2.24, 2.45) is 0 Å². The molecule has 0 aliphatic heterocycles. The van der Waals surface area contributed by atoms with Crippen molar-refractivity contribution in [3.63, 3.8) is 0 Å². The predicted octanol–water partition coefficient (Wildman–Crippen LogP) is 1.57. The molecule has 0 saturated carbocycles. The lowest BCUT2D eigenvalue weighted by Gasteiger charge is -1.70. The summed E-state index contributed by atoms with van der Waals surface area (Å²) in [5, 5.41) is 0. The number of rotatable bonds is 0. The molecule has 0 spiro atoms. The third-order valence-electron chi connectivity index (χ3n) is 0.566. The summed E-state index contributed by atoms with van der Waals surface area (Å²) in [4.78, 5) is 3.78. The Balaban J connectivity index is 0.000000222. The normalized spacial score (nSPS) is 6.75. The molecule has 1 unspecified atom stereocenters. The highest BCUT2D eigenvalue weighted by Crippen LogP contribution is 1.73. The van der Waals surface area contributed by atoms with Crippen LogP contribution in [0.15, 0.2) is 30.6 Å². The number of pyridine rings is 1. The van der Waals surface area contributed by atoms with Crippen molar-refractivity contribution in [3.8, 4) is 0 Å². The van der Waals surface area contributed by atoms with Gasteiger partial charge in [-0.1, -0.05) is 12.7 Å². The first-order chi connectivity index (χ1) is 4.00. The first kappa shape index (κ1) is 7.58. The van der Waals surface area contributed by atoms with Gasteiger partial charge in [0.2, 0.25) is 0 Å². The highest BCUT2D eigenvalue weighted by Gasteiger charge is 1.58. The highest BCUT2D eigenvalue weighted by molar-refractivity contribution is 7.15. The zero-order valence-corrected chi connectivity index (χ0v) is 6.07. The molecule has 1 nitrogen and oxygen atoms in total. The van der Waals surface area contributed by atoms with E-state index in [0.29, 0.717) is 0 Å². The molecule has 0 N–H and O–H groups in total. The molecule has 0 saturated heterocycles. The molecule has 2 heteroatoms. The van der Waals surface area contributed by atoms with Crippen molar-refractivity contribution in [1.82, 2.24) is 4.98 Å². The van der Waals surface area contributed by atoms with Crippen LogP contribution in [0.2, 0.25) is 0 Å². The van der Waals surface area contributed by atoms with Gasteiger partial charge in [-0.2, -0.15) is 0 Å². The van der Waals surface area contributed by atoms with E-state index < -0.39 is 0 Å².